The monoisotopic (exact) mass is 394 g/mol. The topological polar surface area (TPSA) is 49.4 Å². The Labute approximate surface area is 145 Å². The Morgan fingerprint density at radius 1 is 1.17 bits per heavy atom. The number of nitrogens with zero attached hydrogens (tertiary/aromatic N) is 1. The van der Waals surface area contributed by atoms with E-state index in [-0.39, 0.29) is 12.1 Å². The van der Waals surface area contributed by atoms with Crippen molar-refractivity contribution < 1.29 is 18.4 Å². The molecule has 1 heterocycles. The molecule has 1 aliphatic rings. The number of carbonyl (C=O) groups excluding carboxylic acids is 2. The molecule has 0 aromatic heterocycles. The predicted molar refractivity (Wildman–Crippen MR) is 86.9 cm³/mol. The number of rotatable bonds is 3. The van der Waals surface area contributed by atoms with Crippen LogP contribution in [-0.4, -0.2) is 16.8 Å². The van der Waals surface area contributed by atoms with E-state index in [9.17, 15) is 18.4 Å². The number of hydrogen-bond acceptors (Lipinski definition) is 2. The summed E-state index contributed by atoms with van der Waals surface area (Å²) in [6, 6.07) is 9.32. The molecule has 1 saturated heterocycles. The van der Waals surface area contributed by atoms with E-state index in [4.69, 9.17) is 0 Å². The molecule has 0 saturated carbocycles. The van der Waals surface area contributed by atoms with E-state index < -0.39 is 29.1 Å². The van der Waals surface area contributed by atoms with Crippen LogP contribution in [-0.2, 0) is 16.9 Å². The molecular formula is C17H13BrF2N2O2. The van der Waals surface area contributed by atoms with Gasteiger partial charge < -0.3 is 5.32 Å². The number of carbonyl (C=O) groups is 2. The smallest absolute Gasteiger partial charge is 0.319 e. The lowest BCUT2D eigenvalue weighted by molar-refractivity contribution is -0.131. The lowest BCUT2D eigenvalue weighted by atomic mass is 9.91. The molecule has 0 bridgehead atoms. The molecule has 2 aromatic rings. The third-order valence-corrected chi connectivity index (χ3v) is 4.47. The summed E-state index contributed by atoms with van der Waals surface area (Å²) in [6.45, 7) is 1.41. The molecule has 1 N–H and O–H groups in total. The van der Waals surface area contributed by atoms with Gasteiger partial charge in [-0.3, -0.25) is 9.69 Å². The molecule has 3 amide bonds. The SMILES string of the molecule is C[C@]1(c2cc(F)ccc2F)NC(=O)N(Cc2cccc(Br)c2)C1=O. The normalized spacial score (nSPS) is 20.4. The molecule has 0 radical (unpaired) electrons. The fourth-order valence-electron chi connectivity index (χ4n) is 2.72. The van der Waals surface area contributed by atoms with Gasteiger partial charge in [0.1, 0.15) is 17.2 Å². The van der Waals surface area contributed by atoms with Crippen LogP contribution in [0.5, 0.6) is 0 Å². The van der Waals surface area contributed by atoms with Gasteiger partial charge in [0.05, 0.1) is 6.54 Å². The molecule has 1 fully saturated rings. The van der Waals surface area contributed by atoms with E-state index in [2.05, 4.69) is 21.2 Å². The highest BCUT2D eigenvalue weighted by Crippen LogP contribution is 2.32. The summed E-state index contributed by atoms with van der Waals surface area (Å²) in [4.78, 5) is 26.0. The maximum absolute atomic E-state index is 14.1. The molecule has 7 heteroatoms. The highest BCUT2D eigenvalue weighted by molar-refractivity contribution is 9.10. The van der Waals surface area contributed by atoms with E-state index in [0.717, 1.165) is 33.1 Å². The zero-order valence-corrected chi connectivity index (χ0v) is 14.2. The number of halogens is 3. The molecule has 1 aliphatic heterocycles. The summed E-state index contributed by atoms with van der Waals surface area (Å²) in [6.07, 6.45) is 0. The fraction of sp³-hybridized carbons (Fsp3) is 0.176. The van der Waals surface area contributed by atoms with Crippen molar-refractivity contribution in [3.63, 3.8) is 0 Å². The van der Waals surface area contributed by atoms with Gasteiger partial charge in [-0.25, -0.2) is 13.6 Å². The zero-order chi connectivity index (χ0) is 17.5. The first kappa shape index (κ1) is 16.6. The minimum absolute atomic E-state index is 0.0383. The Morgan fingerprint density at radius 2 is 1.92 bits per heavy atom. The van der Waals surface area contributed by atoms with Crippen molar-refractivity contribution in [3.05, 3.63) is 69.7 Å². The summed E-state index contributed by atoms with van der Waals surface area (Å²) < 4.78 is 28.4. The van der Waals surface area contributed by atoms with E-state index in [1.165, 1.54) is 6.92 Å². The van der Waals surface area contributed by atoms with Crippen LogP contribution in [0.1, 0.15) is 18.1 Å². The van der Waals surface area contributed by atoms with Gasteiger partial charge >= 0.3 is 6.03 Å². The standard InChI is InChI=1S/C17H13BrF2N2O2/c1-17(13-8-12(19)5-6-14(13)20)15(23)22(16(24)21-17)9-10-3-2-4-11(18)7-10/h2-8H,9H2,1H3,(H,21,24)/t17-/m1/s1. The van der Waals surface area contributed by atoms with Crippen molar-refractivity contribution in [1.29, 1.82) is 0 Å². The molecule has 124 valence electrons. The van der Waals surface area contributed by atoms with Crippen molar-refractivity contribution in [1.82, 2.24) is 10.2 Å². The van der Waals surface area contributed by atoms with E-state index in [0.29, 0.717) is 0 Å². The summed E-state index contributed by atoms with van der Waals surface area (Å²) in [5.74, 6) is -2.06. The van der Waals surface area contributed by atoms with Gasteiger partial charge in [0.25, 0.3) is 5.91 Å². The second-order valence-corrected chi connectivity index (χ2v) is 6.62. The van der Waals surface area contributed by atoms with Crippen LogP contribution in [0, 0.1) is 11.6 Å². The van der Waals surface area contributed by atoms with Crippen LogP contribution in [0.4, 0.5) is 13.6 Å². The lowest BCUT2D eigenvalue weighted by Crippen LogP contribution is -2.41. The van der Waals surface area contributed by atoms with Crippen molar-refractivity contribution in [2.75, 3.05) is 0 Å². The van der Waals surface area contributed by atoms with Gasteiger partial charge in [0.15, 0.2) is 0 Å². The predicted octanol–water partition coefficient (Wildman–Crippen LogP) is 3.69. The van der Waals surface area contributed by atoms with Gasteiger partial charge in [-0.15, -0.1) is 0 Å². The number of urea groups is 1. The van der Waals surface area contributed by atoms with Crippen molar-refractivity contribution >= 4 is 27.9 Å². The van der Waals surface area contributed by atoms with Crippen LogP contribution in [0.25, 0.3) is 0 Å². The Morgan fingerprint density at radius 3 is 2.62 bits per heavy atom. The molecule has 0 spiro atoms. The first-order chi connectivity index (χ1) is 11.3. The largest absolute Gasteiger partial charge is 0.325 e. The second-order valence-electron chi connectivity index (χ2n) is 5.70. The summed E-state index contributed by atoms with van der Waals surface area (Å²) >= 11 is 3.32. The van der Waals surface area contributed by atoms with Crippen LogP contribution < -0.4 is 5.32 Å². The lowest BCUT2D eigenvalue weighted by Gasteiger charge is -2.23. The average molecular weight is 395 g/mol. The number of imide groups is 1. The van der Waals surface area contributed by atoms with Crippen molar-refractivity contribution in [2.24, 2.45) is 0 Å². The molecule has 3 rings (SSSR count). The van der Waals surface area contributed by atoms with Crippen molar-refractivity contribution in [2.45, 2.75) is 19.0 Å². The Bertz CT molecular complexity index is 843. The van der Waals surface area contributed by atoms with Crippen LogP contribution in [0.2, 0.25) is 0 Å². The molecule has 0 aliphatic carbocycles. The highest BCUT2D eigenvalue weighted by atomic mass is 79.9. The number of benzene rings is 2. The minimum Gasteiger partial charge on any atom is -0.319 e. The van der Waals surface area contributed by atoms with Crippen LogP contribution >= 0.6 is 15.9 Å². The quantitative estimate of drug-likeness (QED) is 0.806. The highest BCUT2D eigenvalue weighted by Gasteiger charge is 2.50. The van der Waals surface area contributed by atoms with Gasteiger partial charge in [-0.1, -0.05) is 28.1 Å². The Hall–Kier alpha value is -2.28. The van der Waals surface area contributed by atoms with Gasteiger partial charge in [-0.05, 0) is 42.8 Å². The molecular weight excluding hydrogens is 382 g/mol. The molecule has 24 heavy (non-hydrogen) atoms. The molecule has 4 nitrogen and oxygen atoms in total. The van der Waals surface area contributed by atoms with Gasteiger partial charge in [0, 0.05) is 10.0 Å². The van der Waals surface area contributed by atoms with Crippen LogP contribution in [0.15, 0.2) is 46.9 Å². The average Bonchev–Trinajstić information content (AvgIpc) is 2.74. The number of amides is 3. The summed E-state index contributed by atoms with van der Waals surface area (Å²) in [7, 11) is 0. The first-order valence-electron chi connectivity index (χ1n) is 7.15. The number of hydrogen-bond donors (Lipinski definition) is 1. The first-order valence-corrected chi connectivity index (χ1v) is 7.94. The van der Waals surface area contributed by atoms with Gasteiger partial charge in [0.2, 0.25) is 0 Å². The minimum atomic E-state index is -1.64. The Kier molecular flexibility index (Phi) is 4.13. The second kappa shape index (κ2) is 5.98. The van der Waals surface area contributed by atoms with E-state index in [1.54, 1.807) is 18.2 Å². The molecule has 1 atom stereocenters. The van der Waals surface area contributed by atoms with Crippen LogP contribution in [0.3, 0.4) is 0 Å². The molecule has 0 unspecified atom stereocenters. The maximum Gasteiger partial charge on any atom is 0.325 e. The Balaban J connectivity index is 1.95. The fourth-order valence-corrected chi connectivity index (χ4v) is 3.17. The third-order valence-electron chi connectivity index (χ3n) is 3.97. The van der Waals surface area contributed by atoms with Gasteiger partial charge in [-0.2, -0.15) is 0 Å². The molecule has 2 aromatic carbocycles. The third kappa shape index (κ3) is 2.80. The maximum atomic E-state index is 14.1. The van der Waals surface area contributed by atoms with E-state index >= 15 is 0 Å². The number of nitrogens with one attached hydrogen (secondary N) is 1. The van der Waals surface area contributed by atoms with E-state index in [1.807, 2.05) is 6.07 Å². The summed E-state index contributed by atoms with van der Waals surface area (Å²) in [5, 5.41) is 2.47. The zero-order valence-electron chi connectivity index (χ0n) is 12.6. The summed E-state index contributed by atoms with van der Waals surface area (Å²) in [5.41, 5.74) is -1.11. The van der Waals surface area contributed by atoms with Crippen molar-refractivity contribution in [3.8, 4) is 0 Å².